The molecule has 0 aromatic rings. The molecular formula is C15H28N2O5. The molecule has 0 aromatic carbocycles. The van der Waals surface area contributed by atoms with Crippen molar-refractivity contribution in [3.8, 4) is 0 Å². The Hall–Kier alpha value is -0.890. The fourth-order valence-corrected chi connectivity index (χ4v) is 2.99. The molecule has 0 radical (unpaired) electrons. The number of aliphatic hydroxyl groups excluding tert-OH is 4. The first-order chi connectivity index (χ1) is 10.6. The van der Waals surface area contributed by atoms with Crippen LogP contribution in [0.15, 0.2) is 4.99 Å². The minimum atomic E-state index is -1.44. The van der Waals surface area contributed by atoms with E-state index in [1.165, 1.54) is 30.6 Å². The van der Waals surface area contributed by atoms with E-state index in [0.717, 1.165) is 12.8 Å². The van der Waals surface area contributed by atoms with Crippen molar-refractivity contribution in [3.63, 3.8) is 0 Å². The molecule has 7 nitrogen and oxygen atoms in total. The summed E-state index contributed by atoms with van der Waals surface area (Å²) in [5, 5.41) is 39.4. The van der Waals surface area contributed by atoms with Gasteiger partial charge in [0, 0.05) is 6.54 Å². The Balaban J connectivity index is 1.84. The number of nitrogens with zero attached hydrogens (tertiary/aromatic N) is 2. The lowest BCUT2D eigenvalue weighted by atomic mass is 9.94. The molecule has 2 heterocycles. The second kappa shape index (κ2) is 8.10. The highest BCUT2D eigenvalue weighted by Crippen LogP contribution is 2.28. The zero-order valence-corrected chi connectivity index (χ0v) is 13.1. The number of unbranched alkanes of at least 4 members (excludes halogenated alkanes) is 5. The molecule has 0 aromatic heterocycles. The fraction of sp³-hybridized carbons (Fsp3) is 0.933. The van der Waals surface area contributed by atoms with Crippen LogP contribution in [0.2, 0.25) is 0 Å². The Bertz CT molecular complexity index is 379. The lowest BCUT2D eigenvalue weighted by Crippen LogP contribution is -2.65. The average molecular weight is 316 g/mol. The molecular weight excluding hydrogens is 288 g/mol. The fourth-order valence-electron chi connectivity index (χ4n) is 2.99. The van der Waals surface area contributed by atoms with Crippen LogP contribution in [0, 0.1) is 0 Å². The predicted octanol–water partition coefficient (Wildman–Crippen LogP) is -0.182. The average Bonchev–Trinajstić information content (AvgIpc) is 2.94. The Morgan fingerprint density at radius 3 is 2.41 bits per heavy atom. The number of rotatable bonds is 7. The number of piperidine rings is 1. The van der Waals surface area contributed by atoms with Crippen LogP contribution >= 0.6 is 0 Å². The highest BCUT2D eigenvalue weighted by Gasteiger charge is 2.52. The standard InChI is InChI=1S/C15H28N2O5/c1-2-3-4-5-6-7-8-16-15-17-10(9-22-15)11(18)12(19)13(20)14(17)21/h10-14,18-21H,2-9H2,1H3/t10-,11-,12+,13-,14-/m1/s1. The van der Waals surface area contributed by atoms with Gasteiger partial charge in [-0.2, -0.15) is 0 Å². The van der Waals surface area contributed by atoms with Gasteiger partial charge in [-0.15, -0.1) is 0 Å². The summed E-state index contributed by atoms with van der Waals surface area (Å²) in [6.07, 6.45) is 1.67. The predicted molar refractivity (Wildman–Crippen MR) is 81.3 cm³/mol. The first kappa shape index (κ1) is 17.5. The van der Waals surface area contributed by atoms with Gasteiger partial charge >= 0.3 is 0 Å². The zero-order valence-electron chi connectivity index (χ0n) is 13.1. The molecule has 5 atom stereocenters. The molecule has 2 fully saturated rings. The lowest BCUT2D eigenvalue weighted by molar-refractivity contribution is -0.190. The molecule has 0 saturated carbocycles. The van der Waals surface area contributed by atoms with Gasteiger partial charge in [-0.05, 0) is 6.42 Å². The summed E-state index contributed by atoms with van der Waals surface area (Å²) < 4.78 is 5.42. The van der Waals surface area contributed by atoms with Crippen LogP contribution in [-0.2, 0) is 4.74 Å². The normalized spacial score (nSPS) is 36.5. The minimum Gasteiger partial charge on any atom is -0.463 e. The van der Waals surface area contributed by atoms with Gasteiger partial charge in [-0.3, -0.25) is 4.90 Å². The Morgan fingerprint density at radius 1 is 1.00 bits per heavy atom. The Labute approximate surface area is 131 Å². The summed E-state index contributed by atoms with van der Waals surface area (Å²) in [5.41, 5.74) is 0. The van der Waals surface area contributed by atoms with Crippen molar-refractivity contribution >= 4 is 6.02 Å². The van der Waals surface area contributed by atoms with Gasteiger partial charge in [0.2, 0.25) is 0 Å². The number of aliphatic hydroxyl groups is 4. The maximum atomic E-state index is 10.1. The van der Waals surface area contributed by atoms with Crippen LogP contribution < -0.4 is 0 Å². The van der Waals surface area contributed by atoms with E-state index >= 15 is 0 Å². The van der Waals surface area contributed by atoms with Crippen LogP contribution in [0.3, 0.4) is 0 Å². The van der Waals surface area contributed by atoms with Crippen LogP contribution in [0.1, 0.15) is 45.4 Å². The van der Waals surface area contributed by atoms with Gasteiger partial charge in [0.25, 0.3) is 6.02 Å². The molecule has 7 heteroatoms. The van der Waals surface area contributed by atoms with Crippen LogP contribution in [-0.4, -0.2) is 75.1 Å². The van der Waals surface area contributed by atoms with Gasteiger partial charge in [0.05, 0.1) is 6.04 Å². The molecule has 4 N–H and O–H groups in total. The van der Waals surface area contributed by atoms with E-state index in [9.17, 15) is 20.4 Å². The highest BCUT2D eigenvalue weighted by atomic mass is 16.5. The first-order valence-corrected chi connectivity index (χ1v) is 8.25. The van der Waals surface area contributed by atoms with E-state index < -0.39 is 30.6 Å². The molecule has 22 heavy (non-hydrogen) atoms. The summed E-state index contributed by atoms with van der Waals surface area (Å²) in [4.78, 5) is 5.70. The number of fused-ring (bicyclic) bond motifs is 1. The van der Waals surface area contributed by atoms with E-state index in [0.29, 0.717) is 6.54 Å². The highest BCUT2D eigenvalue weighted by molar-refractivity contribution is 5.76. The SMILES string of the molecule is CCCCCCCCN=C1OC[C@@H]2[C@@H](O)[C@H](O)[C@@H](O)[C@@H](O)N12. The molecule has 0 aliphatic carbocycles. The second-order valence-corrected chi connectivity index (χ2v) is 6.10. The summed E-state index contributed by atoms with van der Waals surface area (Å²) in [6.45, 7) is 2.92. The van der Waals surface area contributed by atoms with Gasteiger partial charge in [0.1, 0.15) is 24.9 Å². The van der Waals surface area contributed by atoms with Crippen LogP contribution in [0.4, 0.5) is 0 Å². The lowest BCUT2D eigenvalue weighted by Gasteiger charge is -2.42. The third-order valence-electron chi connectivity index (χ3n) is 4.40. The smallest absolute Gasteiger partial charge is 0.290 e. The van der Waals surface area contributed by atoms with E-state index in [-0.39, 0.29) is 12.6 Å². The third kappa shape index (κ3) is 3.71. The maximum Gasteiger partial charge on any atom is 0.290 e. The molecule has 2 aliphatic heterocycles. The van der Waals surface area contributed by atoms with Crippen LogP contribution in [0.25, 0.3) is 0 Å². The molecule has 2 rings (SSSR count). The van der Waals surface area contributed by atoms with Crippen LogP contribution in [0.5, 0.6) is 0 Å². The number of aliphatic imine (C=N–C) groups is 1. The first-order valence-electron chi connectivity index (χ1n) is 8.25. The van der Waals surface area contributed by atoms with Crippen molar-refractivity contribution in [2.24, 2.45) is 4.99 Å². The zero-order chi connectivity index (χ0) is 16.1. The second-order valence-electron chi connectivity index (χ2n) is 6.10. The van der Waals surface area contributed by atoms with Crippen molar-refractivity contribution in [2.45, 2.75) is 76.0 Å². The summed E-state index contributed by atoms with van der Waals surface area (Å²) in [5.74, 6) is 0. The minimum absolute atomic E-state index is 0.150. The largest absolute Gasteiger partial charge is 0.463 e. The quantitative estimate of drug-likeness (QED) is 0.486. The number of amidine groups is 1. The summed E-state index contributed by atoms with van der Waals surface area (Å²) in [7, 11) is 0. The van der Waals surface area contributed by atoms with Crippen molar-refractivity contribution in [1.82, 2.24) is 4.90 Å². The molecule has 0 amide bonds. The molecule has 128 valence electrons. The summed E-state index contributed by atoms with van der Waals surface area (Å²) >= 11 is 0. The summed E-state index contributed by atoms with van der Waals surface area (Å²) in [6, 6.07) is -0.326. The number of hydrogen-bond acceptors (Lipinski definition) is 6. The molecule has 2 saturated heterocycles. The van der Waals surface area contributed by atoms with E-state index in [1.54, 1.807) is 0 Å². The van der Waals surface area contributed by atoms with Crippen molar-refractivity contribution < 1.29 is 25.2 Å². The third-order valence-corrected chi connectivity index (χ3v) is 4.40. The topological polar surface area (TPSA) is 106 Å². The monoisotopic (exact) mass is 316 g/mol. The van der Waals surface area contributed by atoms with Crippen molar-refractivity contribution in [2.75, 3.05) is 13.2 Å². The Kier molecular flexibility index (Phi) is 6.43. The van der Waals surface area contributed by atoms with Gasteiger partial charge < -0.3 is 25.2 Å². The van der Waals surface area contributed by atoms with E-state index in [1.807, 2.05) is 0 Å². The molecule has 0 unspecified atom stereocenters. The van der Waals surface area contributed by atoms with Crippen molar-refractivity contribution in [1.29, 1.82) is 0 Å². The van der Waals surface area contributed by atoms with E-state index in [2.05, 4.69) is 11.9 Å². The number of hydrogen-bond donors (Lipinski definition) is 4. The maximum absolute atomic E-state index is 10.1. The number of ether oxygens (including phenoxy) is 1. The van der Waals surface area contributed by atoms with Crippen molar-refractivity contribution in [3.05, 3.63) is 0 Å². The van der Waals surface area contributed by atoms with Gasteiger partial charge in [-0.1, -0.05) is 39.0 Å². The molecule has 0 bridgehead atoms. The molecule has 2 aliphatic rings. The van der Waals surface area contributed by atoms with Gasteiger partial charge in [-0.25, -0.2) is 4.99 Å². The van der Waals surface area contributed by atoms with Gasteiger partial charge in [0.15, 0.2) is 6.23 Å². The Morgan fingerprint density at radius 2 is 1.68 bits per heavy atom. The van der Waals surface area contributed by atoms with E-state index in [4.69, 9.17) is 4.74 Å². The molecule has 0 spiro atoms.